The summed E-state index contributed by atoms with van der Waals surface area (Å²) in [5.74, 6) is 0. The Hall–Kier alpha value is -1.32. The fourth-order valence-corrected chi connectivity index (χ4v) is 3.60. The molecule has 17 heavy (non-hydrogen) atoms. The molecule has 0 amide bonds. The summed E-state index contributed by atoms with van der Waals surface area (Å²) in [7, 11) is 0. The number of nitrogens with zero attached hydrogens (tertiary/aromatic N) is 1. The van der Waals surface area contributed by atoms with Crippen LogP contribution in [0.1, 0.15) is 16.5 Å². The first kappa shape index (κ1) is 10.8. The van der Waals surface area contributed by atoms with E-state index in [1.165, 1.54) is 20.5 Å². The van der Waals surface area contributed by atoms with Gasteiger partial charge in [-0.15, -0.1) is 11.3 Å². The van der Waals surface area contributed by atoms with Crippen molar-refractivity contribution in [3.05, 3.63) is 45.9 Å². The van der Waals surface area contributed by atoms with Crippen LogP contribution in [0, 0.1) is 6.92 Å². The van der Waals surface area contributed by atoms with Crippen LogP contribution in [0.4, 0.5) is 0 Å². The predicted molar refractivity (Wildman–Crippen MR) is 74.9 cm³/mol. The summed E-state index contributed by atoms with van der Waals surface area (Å²) < 4.78 is 1.29. The smallest absolute Gasteiger partial charge is 0.123 e. The molecule has 2 nitrogen and oxygen atoms in total. The fourth-order valence-electron chi connectivity index (χ4n) is 2.03. The number of rotatable bonds is 1. The maximum absolute atomic E-state index is 6.21. The average Bonchev–Trinajstić information content (AvgIpc) is 2.68. The Bertz CT molecular complexity index is 627. The molecule has 1 aliphatic heterocycles. The van der Waals surface area contributed by atoms with Crippen molar-refractivity contribution in [3.8, 4) is 0 Å². The van der Waals surface area contributed by atoms with Gasteiger partial charge in [0.05, 0.1) is 11.4 Å². The van der Waals surface area contributed by atoms with Crippen molar-refractivity contribution in [1.29, 1.82) is 0 Å². The van der Waals surface area contributed by atoms with Crippen LogP contribution in [0.2, 0.25) is 0 Å². The Kier molecular flexibility index (Phi) is 2.65. The lowest BCUT2D eigenvalue weighted by molar-refractivity contribution is 0.879. The maximum atomic E-state index is 6.21. The quantitative estimate of drug-likeness (QED) is 0.826. The maximum Gasteiger partial charge on any atom is 0.123 e. The van der Waals surface area contributed by atoms with Crippen molar-refractivity contribution in [3.63, 3.8) is 0 Å². The van der Waals surface area contributed by atoms with Crippen molar-refractivity contribution in [2.45, 2.75) is 13.0 Å². The third-order valence-corrected chi connectivity index (χ3v) is 4.55. The zero-order chi connectivity index (χ0) is 11.8. The van der Waals surface area contributed by atoms with Crippen LogP contribution >= 0.6 is 22.9 Å². The molecule has 1 unspecified atom stereocenters. The zero-order valence-electron chi connectivity index (χ0n) is 9.27. The first-order chi connectivity index (χ1) is 8.27. The highest BCUT2D eigenvalue weighted by molar-refractivity contribution is 7.19. The molecule has 86 valence electrons. The number of nitrogens with one attached hydrogen (secondary N) is 1. The summed E-state index contributed by atoms with van der Waals surface area (Å²) in [6.07, 6.45) is 3.49. The molecule has 0 saturated heterocycles. The van der Waals surface area contributed by atoms with Gasteiger partial charge in [-0.1, -0.05) is 29.8 Å². The molecule has 4 heteroatoms. The Balaban J connectivity index is 2.17. The molecule has 0 spiro atoms. The minimum Gasteiger partial charge on any atom is -0.352 e. The molecule has 1 atom stereocenters. The third-order valence-electron chi connectivity index (χ3n) is 2.91. The number of aliphatic imine (C=N–C) groups is 1. The first-order valence-electron chi connectivity index (χ1n) is 5.38. The minimum absolute atomic E-state index is 0.0460. The van der Waals surface area contributed by atoms with Crippen molar-refractivity contribution < 1.29 is 0 Å². The van der Waals surface area contributed by atoms with Gasteiger partial charge in [0.25, 0.3) is 0 Å². The van der Waals surface area contributed by atoms with E-state index >= 15 is 0 Å². The second kappa shape index (κ2) is 4.17. The number of hydrogen-bond acceptors (Lipinski definition) is 3. The lowest BCUT2D eigenvalue weighted by atomic mass is 10.1. The van der Waals surface area contributed by atoms with Gasteiger partial charge in [0.1, 0.15) is 6.04 Å². The second-order valence-electron chi connectivity index (χ2n) is 3.96. The zero-order valence-corrected chi connectivity index (χ0v) is 10.8. The fraction of sp³-hybridized carbons (Fsp3) is 0.154. The number of aryl methyl sites for hydroxylation is 1. The van der Waals surface area contributed by atoms with Gasteiger partial charge in [0, 0.05) is 15.8 Å². The van der Waals surface area contributed by atoms with Crippen LogP contribution in [0.15, 0.2) is 40.5 Å². The van der Waals surface area contributed by atoms with Crippen LogP contribution in [-0.2, 0) is 0 Å². The monoisotopic (exact) mass is 262 g/mol. The molecule has 1 aromatic carbocycles. The number of benzene rings is 1. The third kappa shape index (κ3) is 1.75. The van der Waals surface area contributed by atoms with Gasteiger partial charge in [0.2, 0.25) is 0 Å². The van der Waals surface area contributed by atoms with E-state index in [0.717, 1.165) is 5.03 Å². The van der Waals surface area contributed by atoms with E-state index < -0.39 is 0 Å². The van der Waals surface area contributed by atoms with Gasteiger partial charge in [0.15, 0.2) is 0 Å². The summed E-state index contributed by atoms with van der Waals surface area (Å²) in [6, 6.07) is 8.36. The molecule has 0 aliphatic carbocycles. The van der Waals surface area contributed by atoms with E-state index in [1.807, 2.05) is 0 Å². The van der Waals surface area contributed by atoms with E-state index in [1.54, 1.807) is 23.9 Å². The molecule has 0 fully saturated rings. The molecule has 2 aromatic rings. The number of thiophene rings is 1. The number of fused-ring (bicyclic) bond motifs is 1. The molecule has 0 saturated carbocycles. The van der Waals surface area contributed by atoms with E-state index in [4.69, 9.17) is 11.6 Å². The van der Waals surface area contributed by atoms with Crippen molar-refractivity contribution in [2.75, 3.05) is 0 Å². The van der Waals surface area contributed by atoms with E-state index in [2.05, 4.69) is 41.5 Å². The molecular weight excluding hydrogens is 252 g/mol. The molecule has 0 bridgehead atoms. The Morgan fingerprint density at radius 1 is 1.35 bits per heavy atom. The van der Waals surface area contributed by atoms with Gasteiger partial charge in [-0.3, -0.25) is 4.99 Å². The SMILES string of the molecule is Cc1c(C2N=CNC=C2Cl)sc2ccccc12. The minimum atomic E-state index is -0.0460. The lowest BCUT2D eigenvalue weighted by Crippen LogP contribution is -2.11. The Morgan fingerprint density at radius 2 is 2.18 bits per heavy atom. The topological polar surface area (TPSA) is 24.4 Å². The summed E-state index contributed by atoms with van der Waals surface area (Å²) in [5, 5.41) is 4.94. The molecule has 1 N–H and O–H groups in total. The van der Waals surface area contributed by atoms with Gasteiger partial charge in [-0.2, -0.15) is 0 Å². The van der Waals surface area contributed by atoms with Crippen LogP contribution in [-0.4, -0.2) is 6.34 Å². The standard InChI is InChI=1S/C13H11ClN2S/c1-8-9-4-2-3-5-11(9)17-13(8)12-10(14)6-15-7-16-12/h2-7,12H,1H3,(H,15,16). The summed E-state index contributed by atoms with van der Waals surface area (Å²) in [6.45, 7) is 2.13. The average molecular weight is 263 g/mol. The Labute approximate surface area is 109 Å². The highest BCUT2D eigenvalue weighted by Crippen LogP contribution is 2.40. The van der Waals surface area contributed by atoms with Gasteiger partial charge in [-0.05, 0) is 23.9 Å². The molecule has 1 aliphatic rings. The van der Waals surface area contributed by atoms with E-state index in [9.17, 15) is 0 Å². The van der Waals surface area contributed by atoms with Crippen LogP contribution < -0.4 is 5.32 Å². The predicted octanol–water partition coefficient (Wildman–Crippen LogP) is 3.96. The number of hydrogen-bond donors (Lipinski definition) is 1. The highest BCUT2D eigenvalue weighted by atomic mass is 35.5. The molecule has 0 radical (unpaired) electrons. The van der Waals surface area contributed by atoms with Crippen LogP contribution in [0.25, 0.3) is 10.1 Å². The Morgan fingerprint density at radius 3 is 2.94 bits per heavy atom. The van der Waals surface area contributed by atoms with Crippen LogP contribution in [0.5, 0.6) is 0 Å². The molecular formula is C13H11ClN2S. The number of halogens is 1. The van der Waals surface area contributed by atoms with Crippen molar-refractivity contribution in [2.24, 2.45) is 4.99 Å². The molecule has 1 aromatic heterocycles. The molecule has 2 heterocycles. The second-order valence-corrected chi connectivity index (χ2v) is 5.48. The van der Waals surface area contributed by atoms with Crippen LogP contribution in [0.3, 0.4) is 0 Å². The largest absolute Gasteiger partial charge is 0.352 e. The first-order valence-corrected chi connectivity index (χ1v) is 6.58. The van der Waals surface area contributed by atoms with Crippen molar-refractivity contribution in [1.82, 2.24) is 5.32 Å². The highest BCUT2D eigenvalue weighted by Gasteiger charge is 2.21. The summed E-state index contributed by atoms with van der Waals surface area (Å²) in [5.41, 5.74) is 1.28. The summed E-state index contributed by atoms with van der Waals surface area (Å²) >= 11 is 7.98. The normalized spacial score (nSPS) is 19.2. The van der Waals surface area contributed by atoms with Crippen molar-refractivity contribution >= 4 is 39.4 Å². The van der Waals surface area contributed by atoms with Gasteiger partial charge < -0.3 is 5.32 Å². The molecule has 3 rings (SSSR count). The van der Waals surface area contributed by atoms with Gasteiger partial charge in [-0.25, -0.2) is 0 Å². The van der Waals surface area contributed by atoms with E-state index in [-0.39, 0.29) is 6.04 Å². The summed E-state index contributed by atoms with van der Waals surface area (Å²) in [4.78, 5) is 5.64. The lowest BCUT2D eigenvalue weighted by Gasteiger charge is -2.14. The van der Waals surface area contributed by atoms with E-state index in [0.29, 0.717) is 0 Å². The van der Waals surface area contributed by atoms with Gasteiger partial charge >= 0.3 is 0 Å².